The number of nitrogens with one attached hydrogen (secondary N) is 1. The summed E-state index contributed by atoms with van der Waals surface area (Å²) in [6.45, 7) is 7.57. The molecule has 0 saturated carbocycles. The van der Waals surface area contributed by atoms with Crippen molar-refractivity contribution in [1.29, 1.82) is 0 Å². The maximum Gasteiger partial charge on any atom is 0.220 e. The van der Waals surface area contributed by atoms with Crippen LogP contribution in [0.5, 0.6) is 0 Å². The van der Waals surface area contributed by atoms with Crippen LogP contribution in [0.2, 0.25) is 0 Å². The SMILES string of the molecule is CCCCCCCCCCCCCCCCCCCCCCC(C)CC(=O)NC(COC1OC(CO)C(O)C(O)C1O)C(O)C(O)C(C)CCCCCCCCCCCC. The molecule has 60 heavy (non-hydrogen) atoms. The number of rotatable bonds is 42. The van der Waals surface area contributed by atoms with Crippen LogP contribution in [0, 0.1) is 11.8 Å². The van der Waals surface area contributed by atoms with Gasteiger partial charge < -0.3 is 45.4 Å². The van der Waals surface area contributed by atoms with Gasteiger partial charge in [0.1, 0.15) is 30.5 Å². The molecular formula is C50H99NO9. The van der Waals surface area contributed by atoms with Crippen LogP contribution in [-0.2, 0) is 14.3 Å². The highest BCUT2D eigenvalue weighted by Gasteiger charge is 2.44. The Bertz CT molecular complexity index is 957. The third kappa shape index (κ3) is 28.0. The maximum absolute atomic E-state index is 13.3. The summed E-state index contributed by atoms with van der Waals surface area (Å²) in [7, 11) is 0. The Hall–Kier alpha value is -0.850. The summed E-state index contributed by atoms with van der Waals surface area (Å²) in [6, 6.07) is -1.01. The molecule has 10 unspecified atom stereocenters. The van der Waals surface area contributed by atoms with Gasteiger partial charge in [0.2, 0.25) is 5.91 Å². The normalized spacial score (nSPS) is 22.1. The van der Waals surface area contributed by atoms with Crippen molar-refractivity contribution >= 4 is 5.91 Å². The van der Waals surface area contributed by atoms with Crippen molar-refractivity contribution in [1.82, 2.24) is 5.32 Å². The summed E-state index contributed by atoms with van der Waals surface area (Å²) in [5.41, 5.74) is 0. The van der Waals surface area contributed by atoms with Gasteiger partial charge in [-0.15, -0.1) is 0 Å². The average Bonchev–Trinajstić information content (AvgIpc) is 3.24. The second-order valence-electron chi connectivity index (χ2n) is 18.9. The summed E-state index contributed by atoms with van der Waals surface area (Å²) < 4.78 is 11.3. The summed E-state index contributed by atoms with van der Waals surface area (Å²) in [4.78, 5) is 13.3. The Morgan fingerprint density at radius 1 is 0.550 bits per heavy atom. The Labute approximate surface area is 368 Å². The lowest BCUT2D eigenvalue weighted by Crippen LogP contribution is -2.60. The van der Waals surface area contributed by atoms with Crippen molar-refractivity contribution in [2.24, 2.45) is 11.8 Å². The molecule has 1 aliphatic heterocycles. The van der Waals surface area contributed by atoms with E-state index in [4.69, 9.17) is 9.47 Å². The van der Waals surface area contributed by atoms with Gasteiger partial charge in [-0.05, 0) is 18.3 Å². The van der Waals surface area contributed by atoms with E-state index < -0.39 is 55.6 Å². The molecule has 0 spiro atoms. The molecule has 0 aromatic carbocycles. The first-order valence-corrected chi connectivity index (χ1v) is 25.6. The molecule has 358 valence electrons. The molecule has 10 nitrogen and oxygen atoms in total. The number of hydrogen-bond acceptors (Lipinski definition) is 9. The van der Waals surface area contributed by atoms with Crippen molar-refractivity contribution in [3.05, 3.63) is 0 Å². The average molecular weight is 858 g/mol. The summed E-state index contributed by atoms with van der Waals surface area (Å²) >= 11 is 0. The molecule has 0 aliphatic carbocycles. The molecule has 7 N–H and O–H groups in total. The second kappa shape index (κ2) is 38.6. The predicted molar refractivity (Wildman–Crippen MR) is 246 cm³/mol. The van der Waals surface area contributed by atoms with Crippen molar-refractivity contribution < 1.29 is 44.9 Å². The number of unbranched alkanes of at least 4 members (excludes halogenated alkanes) is 28. The number of amides is 1. The van der Waals surface area contributed by atoms with E-state index in [0.717, 1.165) is 44.9 Å². The first kappa shape index (κ1) is 57.2. The highest BCUT2D eigenvalue weighted by atomic mass is 16.7. The monoisotopic (exact) mass is 858 g/mol. The fraction of sp³-hybridized carbons (Fsp3) is 0.980. The minimum absolute atomic E-state index is 0.143. The van der Waals surface area contributed by atoms with Crippen LogP contribution >= 0.6 is 0 Å². The van der Waals surface area contributed by atoms with E-state index in [9.17, 15) is 35.4 Å². The third-order valence-corrected chi connectivity index (χ3v) is 13.1. The second-order valence-corrected chi connectivity index (χ2v) is 18.9. The van der Waals surface area contributed by atoms with Crippen LogP contribution in [0.4, 0.5) is 0 Å². The molecule has 0 aromatic heterocycles. The number of aliphatic hydroxyl groups excluding tert-OH is 6. The zero-order chi connectivity index (χ0) is 44.2. The van der Waals surface area contributed by atoms with Crippen LogP contribution < -0.4 is 5.32 Å². The number of ether oxygens (including phenoxy) is 2. The van der Waals surface area contributed by atoms with Crippen LogP contribution in [0.25, 0.3) is 0 Å². The van der Waals surface area contributed by atoms with E-state index in [1.165, 1.54) is 161 Å². The van der Waals surface area contributed by atoms with Crippen molar-refractivity contribution in [3.63, 3.8) is 0 Å². The topological polar surface area (TPSA) is 169 Å². The highest BCUT2D eigenvalue weighted by Crippen LogP contribution is 2.25. The summed E-state index contributed by atoms with van der Waals surface area (Å²) in [5, 5.41) is 66.0. The fourth-order valence-electron chi connectivity index (χ4n) is 8.76. The number of carbonyl (C=O) groups excluding carboxylic acids is 1. The Morgan fingerprint density at radius 3 is 1.33 bits per heavy atom. The van der Waals surface area contributed by atoms with Crippen molar-refractivity contribution in [2.75, 3.05) is 13.2 Å². The fourth-order valence-corrected chi connectivity index (χ4v) is 8.76. The first-order chi connectivity index (χ1) is 29.1. The van der Waals surface area contributed by atoms with Crippen LogP contribution in [0.15, 0.2) is 0 Å². The van der Waals surface area contributed by atoms with Crippen LogP contribution in [-0.4, -0.2) is 98.7 Å². The molecule has 1 heterocycles. The number of aliphatic hydroxyl groups is 6. The van der Waals surface area contributed by atoms with Gasteiger partial charge in [0, 0.05) is 6.42 Å². The minimum atomic E-state index is -1.61. The molecule has 0 bridgehead atoms. The Balaban J connectivity index is 2.40. The highest BCUT2D eigenvalue weighted by molar-refractivity contribution is 5.76. The van der Waals surface area contributed by atoms with Gasteiger partial charge in [-0.25, -0.2) is 0 Å². The maximum atomic E-state index is 13.3. The van der Waals surface area contributed by atoms with Crippen molar-refractivity contribution in [2.45, 2.75) is 289 Å². The molecule has 0 aromatic rings. The zero-order valence-electron chi connectivity index (χ0n) is 39.4. The molecular weight excluding hydrogens is 759 g/mol. The van der Waals surface area contributed by atoms with Crippen LogP contribution in [0.1, 0.15) is 240 Å². The molecule has 10 heteroatoms. The first-order valence-electron chi connectivity index (χ1n) is 25.6. The Kier molecular flexibility index (Phi) is 36.8. The summed E-state index contributed by atoms with van der Waals surface area (Å²) in [5.74, 6) is -0.338. The lowest BCUT2D eigenvalue weighted by Gasteiger charge is -2.40. The lowest BCUT2D eigenvalue weighted by molar-refractivity contribution is -0.303. The number of carbonyl (C=O) groups is 1. The van der Waals surface area contributed by atoms with Gasteiger partial charge in [0.05, 0.1) is 25.4 Å². The van der Waals surface area contributed by atoms with E-state index in [1.54, 1.807) is 0 Å². The quantitative estimate of drug-likeness (QED) is 0.0296. The molecule has 1 aliphatic rings. The van der Waals surface area contributed by atoms with E-state index in [2.05, 4.69) is 26.1 Å². The van der Waals surface area contributed by atoms with Crippen molar-refractivity contribution in [3.8, 4) is 0 Å². The summed E-state index contributed by atoms with van der Waals surface area (Å²) in [6.07, 6.45) is 31.2. The predicted octanol–water partition coefficient (Wildman–Crippen LogP) is 10.2. The third-order valence-electron chi connectivity index (χ3n) is 13.1. The molecule has 10 atom stereocenters. The van der Waals surface area contributed by atoms with Gasteiger partial charge in [-0.3, -0.25) is 4.79 Å². The minimum Gasteiger partial charge on any atom is -0.394 e. The molecule has 1 saturated heterocycles. The van der Waals surface area contributed by atoms with E-state index in [0.29, 0.717) is 0 Å². The Morgan fingerprint density at radius 2 is 0.933 bits per heavy atom. The molecule has 1 amide bonds. The largest absolute Gasteiger partial charge is 0.394 e. The van der Waals surface area contributed by atoms with E-state index >= 15 is 0 Å². The van der Waals surface area contributed by atoms with Crippen LogP contribution in [0.3, 0.4) is 0 Å². The molecule has 1 fully saturated rings. The van der Waals surface area contributed by atoms with Gasteiger partial charge >= 0.3 is 0 Å². The number of hydrogen-bond donors (Lipinski definition) is 7. The van der Waals surface area contributed by atoms with Gasteiger partial charge in [0.15, 0.2) is 6.29 Å². The smallest absolute Gasteiger partial charge is 0.220 e. The van der Waals surface area contributed by atoms with Gasteiger partial charge in [-0.1, -0.05) is 227 Å². The van der Waals surface area contributed by atoms with Gasteiger partial charge in [-0.2, -0.15) is 0 Å². The molecule has 1 rings (SSSR count). The lowest BCUT2D eigenvalue weighted by atomic mass is 9.90. The molecule has 0 radical (unpaired) electrons. The standard InChI is InChI=1S/C50H99NO9/c1-5-7-9-11-13-15-17-18-19-20-21-22-23-24-25-26-27-29-31-33-35-40(3)37-44(53)51-42(39-59-50-49(58)48(57)47(56)43(38-52)60-50)46(55)45(54)41(4)36-34-32-30-28-16-14-12-10-8-6-2/h40-43,45-50,52,54-58H,5-39H2,1-4H3,(H,51,53). The van der Waals surface area contributed by atoms with E-state index in [1.807, 2.05) is 6.92 Å². The zero-order valence-corrected chi connectivity index (χ0v) is 39.4. The van der Waals surface area contributed by atoms with E-state index in [-0.39, 0.29) is 30.8 Å². The van der Waals surface area contributed by atoms with Gasteiger partial charge in [0.25, 0.3) is 0 Å².